The van der Waals surface area contributed by atoms with Gasteiger partial charge in [0.1, 0.15) is 0 Å². The summed E-state index contributed by atoms with van der Waals surface area (Å²) in [4.78, 5) is 4.38. The van der Waals surface area contributed by atoms with Gasteiger partial charge in [-0.1, -0.05) is 29.4 Å². The van der Waals surface area contributed by atoms with E-state index in [-0.39, 0.29) is 11.5 Å². The molecule has 1 aliphatic carbocycles. The van der Waals surface area contributed by atoms with E-state index in [2.05, 4.69) is 39.0 Å². The summed E-state index contributed by atoms with van der Waals surface area (Å²) >= 11 is 0. The van der Waals surface area contributed by atoms with Gasteiger partial charge in [0.15, 0.2) is 5.82 Å². The number of hydrogen-bond donors (Lipinski definition) is 3. The molecule has 1 saturated heterocycles. The molecule has 2 aromatic rings. The van der Waals surface area contributed by atoms with Crippen LogP contribution in [0.15, 0.2) is 28.8 Å². The Morgan fingerprint density at radius 1 is 1.35 bits per heavy atom. The van der Waals surface area contributed by atoms with E-state index in [4.69, 9.17) is 9.26 Å². The molecule has 1 aromatic carbocycles. The molecule has 2 aliphatic rings. The maximum Gasteiger partial charge on any atom is 0.229 e. The molecule has 140 valence electrons. The highest BCUT2D eigenvalue weighted by Gasteiger charge is 2.51. The fraction of sp³-hybridized carbons (Fsp3) is 0.579. The number of aliphatic hydroxyl groups excluding tert-OH is 1. The molecular formula is C19H26N4O3. The van der Waals surface area contributed by atoms with Crippen molar-refractivity contribution in [2.75, 3.05) is 26.8 Å². The smallest absolute Gasteiger partial charge is 0.229 e. The summed E-state index contributed by atoms with van der Waals surface area (Å²) < 4.78 is 10.3. The number of ether oxygens (including phenoxy) is 1. The maximum absolute atomic E-state index is 11.2. The van der Waals surface area contributed by atoms with Crippen LogP contribution in [-0.2, 0) is 23.1 Å². The second kappa shape index (κ2) is 7.44. The quantitative estimate of drug-likeness (QED) is 0.712. The molecule has 4 rings (SSSR count). The average Bonchev–Trinajstić information content (AvgIpc) is 3.22. The van der Waals surface area contributed by atoms with Crippen molar-refractivity contribution in [3.8, 4) is 0 Å². The summed E-state index contributed by atoms with van der Waals surface area (Å²) in [6, 6.07) is 8.28. The molecule has 0 radical (unpaired) electrons. The Bertz CT molecular complexity index is 742. The van der Waals surface area contributed by atoms with E-state index < -0.39 is 6.10 Å². The first kappa shape index (κ1) is 17.6. The predicted octanol–water partition coefficient (Wildman–Crippen LogP) is 1.09. The summed E-state index contributed by atoms with van der Waals surface area (Å²) in [5.74, 6) is 1.18. The van der Waals surface area contributed by atoms with Gasteiger partial charge in [0, 0.05) is 12.5 Å². The van der Waals surface area contributed by atoms with Crippen LogP contribution in [0.3, 0.4) is 0 Å². The lowest BCUT2D eigenvalue weighted by molar-refractivity contribution is 0.0436. The van der Waals surface area contributed by atoms with Crippen LogP contribution >= 0.6 is 0 Å². The molecular weight excluding hydrogens is 332 g/mol. The van der Waals surface area contributed by atoms with Gasteiger partial charge in [0.05, 0.1) is 31.7 Å². The van der Waals surface area contributed by atoms with Crippen molar-refractivity contribution < 1.29 is 14.4 Å². The number of hydrogen-bond acceptors (Lipinski definition) is 7. The number of methoxy groups -OCH3 is 1. The number of benzene rings is 1. The van der Waals surface area contributed by atoms with Crippen molar-refractivity contribution in [3.05, 3.63) is 47.1 Å². The second-order valence-corrected chi connectivity index (χ2v) is 7.14. The van der Waals surface area contributed by atoms with Crippen LogP contribution in [0.25, 0.3) is 0 Å². The number of piperidine rings is 1. The van der Waals surface area contributed by atoms with Gasteiger partial charge in [0.25, 0.3) is 0 Å². The van der Waals surface area contributed by atoms with E-state index in [1.165, 1.54) is 11.1 Å². The van der Waals surface area contributed by atoms with Crippen LogP contribution in [-0.4, -0.2) is 48.2 Å². The minimum atomic E-state index is -0.457. The summed E-state index contributed by atoms with van der Waals surface area (Å²) in [5.41, 5.74) is 2.30. The molecule has 26 heavy (non-hydrogen) atoms. The van der Waals surface area contributed by atoms with E-state index >= 15 is 0 Å². The maximum atomic E-state index is 11.2. The van der Waals surface area contributed by atoms with Crippen LogP contribution < -0.4 is 10.6 Å². The van der Waals surface area contributed by atoms with Gasteiger partial charge in [-0.15, -0.1) is 0 Å². The number of rotatable bonds is 6. The summed E-state index contributed by atoms with van der Waals surface area (Å²) in [6.45, 7) is 2.89. The third-order valence-electron chi connectivity index (χ3n) is 5.72. The first-order valence-electron chi connectivity index (χ1n) is 9.26. The number of aromatic nitrogens is 2. The topological polar surface area (TPSA) is 92.4 Å². The second-order valence-electron chi connectivity index (χ2n) is 7.14. The molecule has 1 fully saturated rings. The van der Waals surface area contributed by atoms with Gasteiger partial charge in [0.2, 0.25) is 5.89 Å². The van der Waals surface area contributed by atoms with Crippen molar-refractivity contribution >= 4 is 0 Å². The normalized spacial score (nSPS) is 24.1. The summed E-state index contributed by atoms with van der Waals surface area (Å²) in [7, 11) is 1.65. The first-order chi connectivity index (χ1) is 12.7. The lowest BCUT2D eigenvalue weighted by atomic mass is 9.72. The van der Waals surface area contributed by atoms with E-state index in [1.54, 1.807) is 7.11 Å². The molecule has 1 spiro atoms. The fourth-order valence-corrected chi connectivity index (χ4v) is 4.38. The zero-order chi connectivity index (χ0) is 18.0. The Labute approximate surface area is 153 Å². The van der Waals surface area contributed by atoms with Crippen LogP contribution in [0.4, 0.5) is 0 Å². The molecule has 7 nitrogen and oxygen atoms in total. The highest BCUT2D eigenvalue weighted by atomic mass is 16.5. The average molecular weight is 358 g/mol. The Kier molecular flexibility index (Phi) is 5.04. The Morgan fingerprint density at radius 3 is 2.96 bits per heavy atom. The molecule has 2 atom stereocenters. The van der Waals surface area contributed by atoms with E-state index in [9.17, 15) is 5.11 Å². The monoisotopic (exact) mass is 358 g/mol. The molecule has 0 saturated carbocycles. The lowest BCUT2D eigenvalue weighted by Crippen LogP contribution is -2.47. The molecule has 2 heterocycles. The number of nitrogens with zero attached hydrogens (tertiary/aromatic N) is 2. The van der Waals surface area contributed by atoms with Gasteiger partial charge in [-0.3, -0.25) is 0 Å². The number of aliphatic hydroxyl groups is 1. The molecule has 7 heteroatoms. The molecule has 0 bridgehead atoms. The third-order valence-corrected chi connectivity index (χ3v) is 5.72. The highest BCUT2D eigenvalue weighted by molar-refractivity contribution is 5.45. The minimum Gasteiger partial charge on any atom is -0.390 e. The van der Waals surface area contributed by atoms with Gasteiger partial charge < -0.3 is 25.0 Å². The Balaban J connectivity index is 1.50. The fourth-order valence-electron chi connectivity index (χ4n) is 4.38. The van der Waals surface area contributed by atoms with Gasteiger partial charge in [-0.05, 0) is 37.1 Å². The molecule has 3 N–H and O–H groups in total. The van der Waals surface area contributed by atoms with E-state index in [0.717, 1.165) is 25.9 Å². The van der Waals surface area contributed by atoms with E-state index in [1.807, 2.05) is 6.07 Å². The van der Waals surface area contributed by atoms with Gasteiger partial charge >= 0.3 is 0 Å². The van der Waals surface area contributed by atoms with Crippen LogP contribution in [0.5, 0.6) is 0 Å². The zero-order valence-corrected chi connectivity index (χ0v) is 15.1. The molecule has 0 unspecified atom stereocenters. The van der Waals surface area contributed by atoms with Crippen molar-refractivity contribution in [2.24, 2.45) is 0 Å². The van der Waals surface area contributed by atoms with Crippen LogP contribution in [0, 0.1) is 0 Å². The third kappa shape index (κ3) is 3.05. The number of fused-ring (bicyclic) bond motifs is 2. The summed E-state index contributed by atoms with van der Waals surface area (Å²) in [6.07, 6.45) is 2.05. The zero-order valence-electron chi connectivity index (χ0n) is 15.1. The molecule has 1 aromatic heterocycles. The standard InChI is InChI=1S/C19H26N4O3/c1-25-11-6-16-22-15(23-26-16)12-21-17-13-4-2-3-5-14(13)19(18(17)24)7-9-20-10-8-19/h2-5,17-18,20-21,24H,6-12H2,1H3/t17-,18+/m1/s1. The van der Waals surface area contributed by atoms with E-state index in [0.29, 0.717) is 31.3 Å². The van der Waals surface area contributed by atoms with Crippen molar-refractivity contribution in [1.29, 1.82) is 0 Å². The predicted molar refractivity (Wildman–Crippen MR) is 95.7 cm³/mol. The Morgan fingerprint density at radius 2 is 2.15 bits per heavy atom. The largest absolute Gasteiger partial charge is 0.390 e. The van der Waals surface area contributed by atoms with Crippen molar-refractivity contribution in [1.82, 2.24) is 20.8 Å². The first-order valence-corrected chi connectivity index (χ1v) is 9.26. The van der Waals surface area contributed by atoms with Crippen molar-refractivity contribution in [2.45, 2.75) is 43.4 Å². The minimum absolute atomic E-state index is 0.120. The lowest BCUT2D eigenvalue weighted by Gasteiger charge is -2.39. The van der Waals surface area contributed by atoms with Crippen LogP contribution in [0.1, 0.15) is 41.7 Å². The van der Waals surface area contributed by atoms with Crippen LogP contribution in [0.2, 0.25) is 0 Å². The number of nitrogens with one attached hydrogen (secondary N) is 2. The molecule has 0 amide bonds. The Hall–Kier alpha value is -1.80. The van der Waals surface area contributed by atoms with Crippen molar-refractivity contribution in [3.63, 3.8) is 0 Å². The SMILES string of the molecule is COCCc1nc(CN[C@@H]2c3ccccc3C3(CCNCC3)[C@H]2O)no1. The molecule has 1 aliphatic heterocycles. The highest BCUT2D eigenvalue weighted by Crippen LogP contribution is 2.49. The van der Waals surface area contributed by atoms with Gasteiger partial charge in [-0.25, -0.2) is 0 Å². The summed E-state index contributed by atoms with van der Waals surface area (Å²) in [5, 5.41) is 22.1. The van der Waals surface area contributed by atoms with Gasteiger partial charge in [-0.2, -0.15) is 4.98 Å².